The van der Waals surface area contributed by atoms with Crippen molar-refractivity contribution in [3.8, 4) is 33.4 Å². The first-order chi connectivity index (χ1) is 23.6. The van der Waals surface area contributed by atoms with E-state index < -0.39 is 0 Å². The van der Waals surface area contributed by atoms with Gasteiger partial charge in [-0.2, -0.15) is 0 Å². The molecule has 5 aromatic carbocycles. The standard InChI is InChI=1S/C48H38/c1-27-13-17-35-33-19-15-31(29-9-5-3-6-10-29)23-39(33)43-25-41-37(45(27)47(35)43)21-22-38-42(41)26-44-40-24-32(30-11-7-4-8-12-30)16-20-34(40)36-18-14-28(2)46(38)48(36)44/h3-13,15-20,23-24,28,43-44H,14,21-22,25-26H2,1-2H3. The van der Waals surface area contributed by atoms with Gasteiger partial charge in [-0.25, -0.2) is 0 Å². The van der Waals surface area contributed by atoms with Crippen molar-refractivity contribution in [2.75, 3.05) is 0 Å². The molecule has 0 spiro atoms. The molecule has 3 atom stereocenters. The Balaban J connectivity index is 1.08. The summed E-state index contributed by atoms with van der Waals surface area (Å²) < 4.78 is 0. The molecule has 0 aromatic heterocycles. The number of aryl methyl sites for hydroxylation is 1. The largest absolute Gasteiger partial charge is 0.0757 e. The third-order valence-corrected chi connectivity index (χ3v) is 12.7. The summed E-state index contributed by atoms with van der Waals surface area (Å²) in [5.41, 5.74) is 29.1. The minimum absolute atomic E-state index is 0.425. The van der Waals surface area contributed by atoms with E-state index in [1.165, 1.54) is 62.9 Å². The van der Waals surface area contributed by atoms with Gasteiger partial charge in [0.2, 0.25) is 0 Å². The zero-order valence-corrected chi connectivity index (χ0v) is 27.7. The first-order valence-electron chi connectivity index (χ1n) is 18.1. The predicted octanol–water partition coefficient (Wildman–Crippen LogP) is 12.6. The molecule has 0 N–H and O–H groups in total. The average Bonchev–Trinajstić information content (AvgIpc) is 3.63. The highest BCUT2D eigenvalue weighted by Crippen LogP contribution is 2.64. The quantitative estimate of drug-likeness (QED) is 0.186. The van der Waals surface area contributed by atoms with Crippen molar-refractivity contribution in [3.05, 3.63) is 177 Å². The van der Waals surface area contributed by atoms with Crippen LogP contribution in [0, 0.1) is 12.8 Å². The molecule has 0 aliphatic heterocycles. The second kappa shape index (κ2) is 9.80. The van der Waals surface area contributed by atoms with Gasteiger partial charge in [0.05, 0.1) is 0 Å². The second-order valence-corrected chi connectivity index (χ2v) is 15.1. The predicted molar refractivity (Wildman–Crippen MR) is 200 cm³/mol. The van der Waals surface area contributed by atoms with E-state index in [1.807, 2.05) is 0 Å². The van der Waals surface area contributed by atoms with Gasteiger partial charge in [0.25, 0.3) is 0 Å². The highest BCUT2D eigenvalue weighted by Gasteiger charge is 2.46. The van der Waals surface area contributed by atoms with Crippen LogP contribution in [-0.2, 0) is 0 Å². The van der Waals surface area contributed by atoms with Crippen LogP contribution in [-0.4, -0.2) is 0 Å². The third-order valence-electron chi connectivity index (χ3n) is 12.7. The minimum atomic E-state index is 0.425. The Morgan fingerprint density at radius 1 is 0.521 bits per heavy atom. The number of hydrogen-bond acceptors (Lipinski definition) is 0. The van der Waals surface area contributed by atoms with Crippen LogP contribution in [0.5, 0.6) is 0 Å². The van der Waals surface area contributed by atoms with Crippen molar-refractivity contribution >= 4 is 11.1 Å². The van der Waals surface area contributed by atoms with Crippen molar-refractivity contribution in [2.45, 2.75) is 57.8 Å². The lowest BCUT2D eigenvalue weighted by molar-refractivity contribution is 0.628. The molecule has 0 radical (unpaired) electrons. The molecule has 0 heterocycles. The number of benzene rings is 5. The number of fused-ring (bicyclic) bond motifs is 9. The van der Waals surface area contributed by atoms with E-state index in [4.69, 9.17) is 0 Å². The molecule has 48 heavy (non-hydrogen) atoms. The molecule has 5 aromatic rings. The number of allylic oxidation sites excluding steroid dienone is 8. The van der Waals surface area contributed by atoms with Crippen LogP contribution in [0.2, 0.25) is 0 Å². The Bertz CT molecular complexity index is 2370. The van der Waals surface area contributed by atoms with E-state index in [2.05, 4.69) is 129 Å². The van der Waals surface area contributed by atoms with Crippen LogP contribution in [0.1, 0.15) is 84.2 Å². The molecule has 3 unspecified atom stereocenters. The highest BCUT2D eigenvalue weighted by atomic mass is 14.5. The van der Waals surface area contributed by atoms with Gasteiger partial charge >= 0.3 is 0 Å². The molecule has 0 saturated carbocycles. The van der Waals surface area contributed by atoms with Crippen LogP contribution >= 0.6 is 0 Å². The fourth-order valence-corrected chi connectivity index (χ4v) is 10.7. The van der Waals surface area contributed by atoms with Gasteiger partial charge in [0.1, 0.15) is 0 Å². The smallest absolute Gasteiger partial charge is 0.0149 e. The molecule has 11 rings (SSSR count). The van der Waals surface area contributed by atoms with Gasteiger partial charge in [-0.1, -0.05) is 110 Å². The van der Waals surface area contributed by atoms with Gasteiger partial charge in [-0.05, 0) is 163 Å². The lowest BCUT2D eigenvalue weighted by Crippen LogP contribution is -2.24. The van der Waals surface area contributed by atoms with Crippen molar-refractivity contribution < 1.29 is 0 Å². The van der Waals surface area contributed by atoms with Crippen LogP contribution in [0.15, 0.2) is 143 Å². The normalized spacial score (nSPS) is 22.5. The van der Waals surface area contributed by atoms with Crippen molar-refractivity contribution in [1.82, 2.24) is 0 Å². The monoisotopic (exact) mass is 614 g/mol. The van der Waals surface area contributed by atoms with Crippen molar-refractivity contribution in [2.24, 2.45) is 5.92 Å². The van der Waals surface area contributed by atoms with Gasteiger partial charge in [-0.3, -0.25) is 0 Å². The Labute approximate surface area is 283 Å². The molecule has 0 bridgehead atoms. The summed E-state index contributed by atoms with van der Waals surface area (Å²) >= 11 is 0. The lowest BCUT2D eigenvalue weighted by Gasteiger charge is -2.41. The van der Waals surface area contributed by atoms with Gasteiger partial charge in [-0.15, -0.1) is 0 Å². The maximum absolute atomic E-state index is 2.57. The fraction of sp³-hybridized carbons (Fsp3) is 0.208. The van der Waals surface area contributed by atoms with Crippen molar-refractivity contribution in [1.29, 1.82) is 0 Å². The molecule has 230 valence electrons. The van der Waals surface area contributed by atoms with Crippen LogP contribution in [0.4, 0.5) is 0 Å². The molecule has 6 aliphatic carbocycles. The average molecular weight is 615 g/mol. The number of hydrogen-bond donors (Lipinski definition) is 0. The van der Waals surface area contributed by atoms with Crippen LogP contribution in [0.25, 0.3) is 44.5 Å². The summed E-state index contributed by atoms with van der Waals surface area (Å²) in [5.74, 6) is 1.45. The van der Waals surface area contributed by atoms with E-state index in [0.717, 1.165) is 19.3 Å². The second-order valence-electron chi connectivity index (χ2n) is 15.1. The summed E-state index contributed by atoms with van der Waals surface area (Å²) in [5, 5.41) is 0. The van der Waals surface area contributed by atoms with Crippen molar-refractivity contribution in [3.63, 3.8) is 0 Å². The Morgan fingerprint density at radius 3 is 1.85 bits per heavy atom. The molecular formula is C48H38. The Kier molecular flexibility index (Phi) is 5.52. The number of rotatable bonds is 2. The maximum Gasteiger partial charge on any atom is 0.0149 e. The van der Waals surface area contributed by atoms with Gasteiger partial charge in [0.15, 0.2) is 0 Å². The topological polar surface area (TPSA) is 0 Å². The van der Waals surface area contributed by atoms with E-state index in [1.54, 1.807) is 55.7 Å². The molecule has 6 aliphatic rings. The Morgan fingerprint density at radius 2 is 1.12 bits per heavy atom. The highest BCUT2D eigenvalue weighted by molar-refractivity contribution is 5.96. The molecule has 0 nitrogen and oxygen atoms in total. The van der Waals surface area contributed by atoms with Gasteiger partial charge in [0, 0.05) is 11.8 Å². The summed E-state index contributed by atoms with van der Waals surface area (Å²) in [6.45, 7) is 4.86. The summed E-state index contributed by atoms with van der Waals surface area (Å²) in [4.78, 5) is 0. The molecular weight excluding hydrogens is 577 g/mol. The summed E-state index contributed by atoms with van der Waals surface area (Å²) in [6.07, 6.45) is 8.34. The van der Waals surface area contributed by atoms with Crippen LogP contribution in [0.3, 0.4) is 0 Å². The lowest BCUT2D eigenvalue weighted by atomic mass is 9.63. The molecule has 0 fully saturated rings. The van der Waals surface area contributed by atoms with E-state index in [0.29, 0.717) is 17.8 Å². The van der Waals surface area contributed by atoms with E-state index >= 15 is 0 Å². The molecule has 0 heteroatoms. The first kappa shape index (κ1) is 27.1. The summed E-state index contributed by atoms with van der Waals surface area (Å²) in [7, 11) is 0. The maximum atomic E-state index is 2.57. The zero-order chi connectivity index (χ0) is 31.7. The fourth-order valence-electron chi connectivity index (χ4n) is 10.7. The van der Waals surface area contributed by atoms with E-state index in [-0.39, 0.29) is 0 Å². The summed E-state index contributed by atoms with van der Waals surface area (Å²) in [6, 6.07) is 41.4. The Hall–Kier alpha value is -4.94. The van der Waals surface area contributed by atoms with E-state index in [9.17, 15) is 0 Å². The molecule has 0 saturated heterocycles. The van der Waals surface area contributed by atoms with Gasteiger partial charge < -0.3 is 0 Å². The zero-order valence-electron chi connectivity index (χ0n) is 27.7. The minimum Gasteiger partial charge on any atom is -0.0757 e. The molecule has 0 amide bonds. The first-order valence-corrected chi connectivity index (χ1v) is 18.1. The van der Waals surface area contributed by atoms with Crippen LogP contribution < -0.4 is 0 Å². The SMILES string of the molecule is Cc1ccc2c3c1C1=C(CC3c3cc(-c4ccccc4)ccc3-2)C2=C(CC1)C1=C3C(=CCC1C)c1ccc(-c4ccccc4)cc1C3C2. The third kappa shape index (κ3) is 3.56.